The lowest BCUT2D eigenvalue weighted by atomic mass is 10.2. The summed E-state index contributed by atoms with van der Waals surface area (Å²) in [7, 11) is 3.70. The molecule has 0 bridgehead atoms. The van der Waals surface area contributed by atoms with E-state index < -0.39 is 0 Å². The van der Waals surface area contributed by atoms with Crippen LogP contribution < -0.4 is 4.74 Å². The molecule has 0 unspecified atom stereocenters. The van der Waals surface area contributed by atoms with Crippen LogP contribution in [0.2, 0.25) is 0 Å². The molecule has 0 atom stereocenters. The monoisotopic (exact) mass is 206 g/mol. The maximum absolute atomic E-state index is 10.7. The van der Waals surface area contributed by atoms with Crippen LogP contribution in [0.25, 0.3) is 0 Å². The van der Waals surface area contributed by atoms with Gasteiger partial charge in [-0.1, -0.05) is 0 Å². The number of ether oxygens (including phenoxy) is 1. The quantitative estimate of drug-likeness (QED) is 0.326. The Hall–Kier alpha value is -1.84. The third kappa shape index (κ3) is 4.26. The molecule has 0 fully saturated rings. The van der Waals surface area contributed by atoms with Crippen molar-refractivity contribution in [1.82, 2.24) is 5.01 Å². The standard InChI is InChI=1S/C11H14N2O2/c1-9(14)15-11-6-4-10(5-7-11)8-12-13(2)3/h4-8H,1-3H3/b12-8+. The van der Waals surface area contributed by atoms with Gasteiger partial charge in [-0.25, -0.2) is 0 Å². The average molecular weight is 206 g/mol. The van der Waals surface area contributed by atoms with Gasteiger partial charge in [0.25, 0.3) is 0 Å². The predicted octanol–water partition coefficient (Wildman–Crippen LogP) is 1.51. The van der Waals surface area contributed by atoms with Crippen molar-refractivity contribution in [3.05, 3.63) is 29.8 Å². The van der Waals surface area contributed by atoms with Gasteiger partial charge in [0.2, 0.25) is 0 Å². The number of nitrogens with zero attached hydrogens (tertiary/aromatic N) is 2. The van der Waals surface area contributed by atoms with Crippen molar-refractivity contribution >= 4 is 12.2 Å². The maximum atomic E-state index is 10.7. The van der Waals surface area contributed by atoms with Gasteiger partial charge in [0, 0.05) is 21.0 Å². The lowest BCUT2D eigenvalue weighted by Gasteiger charge is -2.03. The Kier molecular flexibility index (Phi) is 3.85. The molecule has 0 aromatic heterocycles. The van der Waals surface area contributed by atoms with Crippen LogP contribution in [-0.4, -0.2) is 31.3 Å². The normalized spacial score (nSPS) is 10.3. The summed E-state index contributed by atoms with van der Waals surface area (Å²) in [6.45, 7) is 1.38. The largest absolute Gasteiger partial charge is 0.427 e. The molecule has 15 heavy (non-hydrogen) atoms. The molecular formula is C11H14N2O2. The molecule has 0 aliphatic rings. The van der Waals surface area contributed by atoms with Gasteiger partial charge in [-0.15, -0.1) is 0 Å². The highest BCUT2D eigenvalue weighted by Crippen LogP contribution is 2.11. The molecule has 1 aromatic carbocycles. The second-order valence-corrected chi connectivity index (χ2v) is 3.25. The second kappa shape index (κ2) is 5.14. The summed E-state index contributed by atoms with van der Waals surface area (Å²) in [6, 6.07) is 7.15. The zero-order chi connectivity index (χ0) is 11.3. The average Bonchev–Trinajstić information content (AvgIpc) is 2.16. The Morgan fingerprint density at radius 3 is 2.40 bits per heavy atom. The molecule has 0 saturated carbocycles. The third-order valence-electron chi connectivity index (χ3n) is 1.58. The minimum Gasteiger partial charge on any atom is -0.427 e. The van der Waals surface area contributed by atoms with E-state index in [2.05, 4.69) is 5.10 Å². The molecule has 1 rings (SSSR count). The number of rotatable bonds is 3. The molecule has 0 N–H and O–H groups in total. The number of carbonyl (C=O) groups excluding carboxylic acids is 1. The van der Waals surface area contributed by atoms with Crippen LogP contribution >= 0.6 is 0 Å². The van der Waals surface area contributed by atoms with Gasteiger partial charge in [-0.05, 0) is 29.8 Å². The number of carbonyl (C=O) groups is 1. The van der Waals surface area contributed by atoms with Crippen LogP contribution in [-0.2, 0) is 4.79 Å². The summed E-state index contributed by atoms with van der Waals surface area (Å²) in [5, 5.41) is 5.79. The Morgan fingerprint density at radius 1 is 1.33 bits per heavy atom. The van der Waals surface area contributed by atoms with Crippen molar-refractivity contribution in [3.63, 3.8) is 0 Å². The zero-order valence-electron chi connectivity index (χ0n) is 9.10. The van der Waals surface area contributed by atoms with Crippen LogP contribution in [0.3, 0.4) is 0 Å². The molecule has 0 amide bonds. The Labute approximate surface area is 89.2 Å². The SMILES string of the molecule is CC(=O)Oc1ccc(/C=N/N(C)C)cc1. The molecule has 0 spiro atoms. The summed E-state index contributed by atoms with van der Waals surface area (Å²) in [5.41, 5.74) is 0.958. The Morgan fingerprint density at radius 2 is 1.93 bits per heavy atom. The van der Waals surface area contributed by atoms with Gasteiger partial charge in [-0.3, -0.25) is 4.79 Å². The fourth-order valence-corrected chi connectivity index (χ4v) is 0.970. The van der Waals surface area contributed by atoms with Crippen molar-refractivity contribution in [2.24, 2.45) is 5.10 Å². The van der Waals surface area contributed by atoms with E-state index >= 15 is 0 Å². The van der Waals surface area contributed by atoms with Crippen molar-refractivity contribution in [1.29, 1.82) is 0 Å². The van der Waals surface area contributed by atoms with Gasteiger partial charge in [-0.2, -0.15) is 5.10 Å². The Bertz CT molecular complexity index is 355. The smallest absolute Gasteiger partial charge is 0.308 e. The van der Waals surface area contributed by atoms with Gasteiger partial charge in [0.1, 0.15) is 5.75 Å². The van der Waals surface area contributed by atoms with Crippen molar-refractivity contribution in [2.75, 3.05) is 14.1 Å². The second-order valence-electron chi connectivity index (χ2n) is 3.25. The molecule has 1 aromatic rings. The summed E-state index contributed by atoms with van der Waals surface area (Å²) >= 11 is 0. The lowest BCUT2D eigenvalue weighted by molar-refractivity contribution is -0.131. The first kappa shape index (κ1) is 11.2. The van der Waals surface area contributed by atoms with Gasteiger partial charge < -0.3 is 9.75 Å². The van der Waals surface area contributed by atoms with Crippen LogP contribution in [0, 0.1) is 0 Å². The predicted molar refractivity (Wildman–Crippen MR) is 59.0 cm³/mol. The minimum absolute atomic E-state index is 0.315. The molecule has 0 radical (unpaired) electrons. The zero-order valence-corrected chi connectivity index (χ0v) is 9.10. The maximum Gasteiger partial charge on any atom is 0.308 e. The third-order valence-corrected chi connectivity index (χ3v) is 1.58. The van der Waals surface area contributed by atoms with E-state index in [0.29, 0.717) is 5.75 Å². The number of hydrogen-bond acceptors (Lipinski definition) is 4. The molecule has 4 heteroatoms. The van der Waals surface area contributed by atoms with E-state index in [1.54, 1.807) is 23.4 Å². The number of esters is 1. The van der Waals surface area contributed by atoms with Gasteiger partial charge >= 0.3 is 5.97 Å². The van der Waals surface area contributed by atoms with E-state index in [9.17, 15) is 4.79 Å². The fraction of sp³-hybridized carbons (Fsp3) is 0.273. The molecular weight excluding hydrogens is 192 g/mol. The summed E-state index contributed by atoms with van der Waals surface area (Å²) < 4.78 is 4.90. The van der Waals surface area contributed by atoms with E-state index in [1.807, 2.05) is 26.2 Å². The number of hydrogen-bond donors (Lipinski definition) is 0. The summed E-state index contributed by atoms with van der Waals surface area (Å²) in [4.78, 5) is 10.7. The van der Waals surface area contributed by atoms with E-state index in [4.69, 9.17) is 4.74 Å². The van der Waals surface area contributed by atoms with Gasteiger partial charge in [0.05, 0.1) is 6.21 Å². The molecule has 0 aliphatic carbocycles. The molecule has 80 valence electrons. The van der Waals surface area contributed by atoms with Crippen molar-refractivity contribution in [3.8, 4) is 5.75 Å². The highest BCUT2D eigenvalue weighted by Gasteiger charge is 1.96. The molecule has 0 aliphatic heterocycles. The topological polar surface area (TPSA) is 41.9 Å². The van der Waals surface area contributed by atoms with Crippen LogP contribution in [0.4, 0.5) is 0 Å². The summed E-state index contributed by atoms with van der Waals surface area (Å²) in [6.07, 6.45) is 1.73. The van der Waals surface area contributed by atoms with Crippen molar-refractivity contribution < 1.29 is 9.53 Å². The first-order valence-corrected chi connectivity index (χ1v) is 4.58. The molecule has 0 saturated heterocycles. The van der Waals surface area contributed by atoms with E-state index in [1.165, 1.54) is 6.92 Å². The number of hydrazone groups is 1. The highest BCUT2D eigenvalue weighted by molar-refractivity contribution is 5.79. The molecule has 4 nitrogen and oxygen atoms in total. The lowest BCUT2D eigenvalue weighted by Crippen LogP contribution is -2.02. The van der Waals surface area contributed by atoms with Crippen LogP contribution in [0.15, 0.2) is 29.4 Å². The van der Waals surface area contributed by atoms with E-state index in [-0.39, 0.29) is 5.97 Å². The van der Waals surface area contributed by atoms with Crippen molar-refractivity contribution in [2.45, 2.75) is 6.92 Å². The first-order valence-electron chi connectivity index (χ1n) is 4.58. The minimum atomic E-state index is -0.315. The Balaban J connectivity index is 2.68. The molecule has 0 heterocycles. The fourth-order valence-electron chi connectivity index (χ4n) is 0.970. The summed E-state index contributed by atoms with van der Waals surface area (Å²) in [5.74, 6) is 0.231. The van der Waals surface area contributed by atoms with Crippen LogP contribution in [0.5, 0.6) is 5.75 Å². The van der Waals surface area contributed by atoms with E-state index in [0.717, 1.165) is 5.56 Å². The van der Waals surface area contributed by atoms with Gasteiger partial charge in [0.15, 0.2) is 0 Å². The highest BCUT2D eigenvalue weighted by atomic mass is 16.5. The van der Waals surface area contributed by atoms with Crippen LogP contribution in [0.1, 0.15) is 12.5 Å². The number of benzene rings is 1. The first-order chi connectivity index (χ1) is 7.08.